The number of para-hydroxylation sites is 2. The van der Waals surface area contributed by atoms with Crippen LogP contribution in [0.1, 0.15) is 12.6 Å². The SMILES string of the molecule is CC1CN(Cc2cc(=O)n3[nH]ccc3n2)c2ccccc2NC1=O. The molecule has 0 saturated heterocycles. The molecule has 0 saturated carbocycles. The average molecular weight is 323 g/mol. The first-order chi connectivity index (χ1) is 11.6. The molecule has 1 unspecified atom stereocenters. The van der Waals surface area contributed by atoms with Crippen molar-refractivity contribution in [2.75, 3.05) is 16.8 Å². The topological polar surface area (TPSA) is 82.5 Å². The smallest absolute Gasteiger partial charge is 0.272 e. The van der Waals surface area contributed by atoms with Crippen molar-refractivity contribution in [3.05, 3.63) is 58.6 Å². The molecule has 4 rings (SSSR count). The molecule has 122 valence electrons. The standard InChI is InChI=1S/C17H17N5O2/c1-11-9-21(14-5-3-2-4-13(14)20-17(11)24)10-12-8-16(23)22-15(19-12)6-7-18-22/h2-8,11,18H,9-10H2,1H3,(H,20,24). The van der Waals surface area contributed by atoms with Gasteiger partial charge in [0.05, 0.1) is 29.5 Å². The Kier molecular flexibility index (Phi) is 3.34. The monoisotopic (exact) mass is 323 g/mol. The van der Waals surface area contributed by atoms with Crippen LogP contribution in [-0.4, -0.2) is 27.0 Å². The Hall–Kier alpha value is -3.09. The molecule has 24 heavy (non-hydrogen) atoms. The highest BCUT2D eigenvalue weighted by atomic mass is 16.2. The molecule has 7 nitrogen and oxygen atoms in total. The van der Waals surface area contributed by atoms with Crippen LogP contribution in [0.3, 0.4) is 0 Å². The van der Waals surface area contributed by atoms with E-state index < -0.39 is 0 Å². The van der Waals surface area contributed by atoms with Gasteiger partial charge >= 0.3 is 0 Å². The summed E-state index contributed by atoms with van der Waals surface area (Å²) in [6.45, 7) is 2.93. The molecule has 1 aliphatic rings. The van der Waals surface area contributed by atoms with E-state index in [4.69, 9.17) is 0 Å². The number of hydrogen-bond donors (Lipinski definition) is 2. The molecule has 7 heteroatoms. The van der Waals surface area contributed by atoms with E-state index in [2.05, 4.69) is 20.3 Å². The van der Waals surface area contributed by atoms with Crippen LogP contribution in [-0.2, 0) is 11.3 Å². The molecule has 1 aliphatic heterocycles. The Morgan fingerprint density at radius 3 is 2.96 bits per heavy atom. The van der Waals surface area contributed by atoms with Crippen LogP contribution in [0.15, 0.2) is 47.4 Å². The molecular formula is C17H17N5O2. The quantitative estimate of drug-likeness (QED) is 0.751. The van der Waals surface area contributed by atoms with Crippen molar-refractivity contribution in [1.29, 1.82) is 0 Å². The van der Waals surface area contributed by atoms with E-state index in [0.29, 0.717) is 24.4 Å². The summed E-state index contributed by atoms with van der Waals surface area (Å²) in [5.41, 5.74) is 2.83. The number of nitrogens with zero attached hydrogens (tertiary/aromatic N) is 3. The summed E-state index contributed by atoms with van der Waals surface area (Å²) in [7, 11) is 0. The third-order valence-electron chi connectivity index (χ3n) is 4.23. The first-order valence-corrected chi connectivity index (χ1v) is 7.83. The van der Waals surface area contributed by atoms with Gasteiger partial charge < -0.3 is 10.2 Å². The lowest BCUT2D eigenvalue weighted by Gasteiger charge is -2.25. The van der Waals surface area contributed by atoms with Crippen molar-refractivity contribution in [3.8, 4) is 0 Å². The van der Waals surface area contributed by atoms with Crippen LogP contribution >= 0.6 is 0 Å². The number of carbonyl (C=O) groups excluding carboxylic acids is 1. The summed E-state index contributed by atoms with van der Waals surface area (Å²) in [4.78, 5) is 30.9. The lowest BCUT2D eigenvalue weighted by atomic mass is 10.1. The normalized spacial score (nSPS) is 17.5. The Morgan fingerprint density at radius 2 is 2.08 bits per heavy atom. The van der Waals surface area contributed by atoms with Crippen LogP contribution < -0.4 is 15.8 Å². The number of aromatic nitrogens is 3. The van der Waals surface area contributed by atoms with Crippen molar-refractivity contribution in [1.82, 2.24) is 14.6 Å². The Balaban J connectivity index is 1.74. The first-order valence-electron chi connectivity index (χ1n) is 7.83. The van der Waals surface area contributed by atoms with E-state index in [9.17, 15) is 9.59 Å². The van der Waals surface area contributed by atoms with Crippen molar-refractivity contribution in [2.24, 2.45) is 5.92 Å². The molecule has 0 bridgehead atoms. The molecule has 1 amide bonds. The number of fused-ring (bicyclic) bond motifs is 2. The second-order valence-electron chi connectivity index (χ2n) is 6.03. The molecular weight excluding hydrogens is 306 g/mol. The van der Waals surface area contributed by atoms with E-state index >= 15 is 0 Å². The summed E-state index contributed by atoms with van der Waals surface area (Å²) in [6.07, 6.45) is 1.68. The van der Waals surface area contributed by atoms with Crippen molar-refractivity contribution < 1.29 is 4.79 Å². The Bertz CT molecular complexity index is 974. The summed E-state index contributed by atoms with van der Waals surface area (Å²) < 4.78 is 1.40. The van der Waals surface area contributed by atoms with Crippen LogP contribution in [0.2, 0.25) is 0 Å². The Labute approximate surface area is 137 Å². The van der Waals surface area contributed by atoms with Gasteiger partial charge in [0.15, 0.2) is 5.65 Å². The summed E-state index contributed by atoms with van der Waals surface area (Å²) in [5, 5.41) is 5.78. The van der Waals surface area contributed by atoms with Gasteiger partial charge in [0.25, 0.3) is 5.56 Å². The fourth-order valence-electron chi connectivity index (χ4n) is 3.03. The van der Waals surface area contributed by atoms with Crippen molar-refractivity contribution in [2.45, 2.75) is 13.5 Å². The number of hydrogen-bond acceptors (Lipinski definition) is 4. The maximum absolute atomic E-state index is 12.2. The van der Waals surface area contributed by atoms with Crippen LogP contribution in [0.4, 0.5) is 11.4 Å². The van der Waals surface area contributed by atoms with Crippen LogP contribution in [0.25, 0.3) is 5.65 Å². The largest absolute Gasteiger partial charge is 0.363 e. The zero-order valence-electron chi connectivity index (χ0n) is 13.2. The molecule has 0 aliphatic carbocycles. The number of H-pyrrole nitrogens is 1. The second kappa shape index (κ2) is 5.52. The fraction of sp³-hybridized carbons (Fsp3) is 0.235. The second-order valence-corrected chi connectivity index (χ2v) is 6.03. The van der Waals surface area contributed by atoms with Crippen molar-refractivity contribution >= 4 is 22.9 Å². The van der Waals surface area contributed by atoms with Crippen LogP contribution in [0.5, 0.6) is 0 Å². The molecule has 2 aromatic heterocycles. The molecule has 3 aromatic rings. The van der Waals surface area contributed by atoms with Gasteiger partial charge in [0.1, 0.15) is 0 Å². The van der Waals surface area contributed by atoms with Gasteiger partial charge in [0.2, 0.25) is 5.91 Å². The zero-order valence-corrected chi connectivity index (χ0v) is 13.2. The van der Waals surface area contributed by atoms with Gasteiger partial charge in [-0.15, -0.1) is 0 Å². The van der Waals surface area contributed by atoms with Gasteiger partial charge in [-0.3, -0.25) is 14.7 Å². The first kappa shape index (κ1) is 14.5. The highest BCUT2D eigenvalue weighted by molar-refractivity contribution is 5.97. The van der Waals surface area contributed by atoms with E-state index in [1.54, 1.807) is 12.3 Å². The zero-order chi connectivity index (χ0) is 16.7. The predicted octanol–water partition coefficient (Wildman–Crippen LogP) is 1.62. The van der Waals surface area contributed by atoms with E-state index in [1.807, 2.05) is 31.2 Å². The number of nitrogens with one attached hydrogen (secondary N) is 2. The number of amides is 1. The van der Waals surface area contributed by atoms with E-state index in [1.165, 1.54) is 10.6 Å². The van der Waals surface area contributed by atoms with Crippen LogP contribution in [0, 0.1) is 5.92 Å². The molecule has 3 heterocycles. The highest BCUT2D eigenvalue weighted by Gasteiger charge is 2.25. The summed E-state index contributed by atoms with van der Waals surface area (Å²) >= 11 is 0. The number of aromatic amines is 1. The number of carbonyl (C=O) groups is 1. The van der Waals surface area contributed by atoms with Gasteiger partial charge in [0, 0.05) is 24.9 Å². The predicted molar refractivity (Wildman–Crippen MR) is 91.1 cm³/mol. The lowest BCUT2D eigenvalue weighted by molar-refractivity contribution is -0.119. The van der Waals surface area contributed by atoms with E-state index in [0.717, 1.165) is 11.4 Å². The third kappa shape index (κ3) is 2.44. The van der Waals surface area contributed by atoms with Crippen molar-refractivity contribution in [3.63, 3.8) is 0 Å². The molecule has 0 fully saturated rings. The van der Waals surface area contributed by atoms with E-state index in [-0.39, 0.29) is 17.4 Å². The van der Waals surface area contributed by atoms with Gasteiger partial charge in [-0.2, -0.15) is 0 Å². The maximum Gasteiger partial charge on any atom is 0.272 e. The van der Waals surface area contributed by atoms with Gasteiger partial charge in [-0.05, 0) is 12.1 Å². The maximum atomic E-state index is 12.2. The summed E-state index contributed by atoms with van der Waals surface area (Å²) in [5.74, 6) is -0.159. The average Bonchev–Trinajstić information content (AvgIpc) is 2.99. The minimum absolute atomic E-state index is 0.000865. The molecule has 2 N–H and O–H groups in total. The fourth-order valence-corrected chi connectivity index (χ4v) is 3.03. The summed E-state index contributed by atoms with van der Waals surface area (Å²) in [6, 6.07) is 11.0. The minimum atomic E-state index is -0.158. The number of anilines is 2. The van der Waals surface area contributed by atoms with Gasteiger partial charge in [-0.25, -0.2) is 9.50 Å². The molecule has 0 spiro atoms. The molecule has 1 atom stereocenters. The highest BCUT2D eigenvalue weighted by Crippen LogP contribution is 2.30. The minimum Gasteiger partial charge on any atom is -0.363 e. The molecule has 1 aromatic carbocycles. The van der Waals surface area contributed by atoms with Gasteiger partial charge in [-0.1, -0.05) is 19.1 Å². The third-order valence-corrected chi connectivity index (χ3v) is 4.23. The Morgan fingerprint density at radius 1 is 1.25 bits per heavy atom. The number of benzene rings is 1. The lowest BCUT2D eigenvalue weighted by Crippen LogP contribution is -2.31. The number of rotatable bonds is 2. The molecule has 0 radical (unpaired) electrons.